The van der Waals surface area contributed by atoms with Gasteiger partial charge in [-0.2, -0.15) is 0 Å². The molecular weight excluding hydrogens is 363 g/mol. The maximum atomic E-state index is 13.4. The summed E-state index contributed by atoms with van der Waals surface area (Å²) in [5.74, 6) is 0.635. The first kappa shape index (κ1) is 18.3. The van der Waals surface area contributed by atoms with E-state index in [1.165, 1.54) is 12.1 Å². The molecule has 0 bridgehead atoms. The van der Waals surface area contributed by atoms with Crippen LogP contribution < -0.4 is 14.8 Å². The highest BCUT2D eigenvalue weighted by Gasteiger charge is 2.30. The minimum absolute atomic E-state index is 0.0934. The van der Waals surface area contributed by atoms with Crippen LogP contribution in [0.15, 0.2) is 41.6 Å². The Morgan fingerprint density at radius 3 is 2.96 bits per heavy atom. The molecule has 2 aromatic rings. The molecule has 6 nitrogen and oxygen atoms in total. The van der Waals surface area contributed by atoms with Gasteiger partial charge in [0.1, 0.15) is 23.4 Å². The third-order valence-corrected chi connectivity index (χ3v) is 4.68. The number of nitrogens with zero attached hydrogens (tertiary/aromatic N) is 1. The van der Waals surface area contributed by atoms with Crippen LogP contribution >= 0.6 is 0 Å². The SMILES string of the molecule is CCOc1cc2c(cc1NC(=O)[C@@H]1CC(c3cccc(F)c3)=NO1)O[C@@H](C)C2. The number of fused-ring (bicyclic) bond motifs is 1. The second kappa shape index (κ2) is 7.50. The smallest absolute Gasteiger partial charge is 0.268 e. The van der Waals surface area contributed by atoms with E-state index in [4.69, 9.17) is 14.3 Å². The van der Waals surface area contributed by atoms with Crippen molar-refractivity contribution in [3.05, 3.63) is 53.3 Å². The van der Waals surface area contributed by atoms with Gasteiger partial charge in [0.25, 0.3) is 5.91 Å². The van der Waals surface area contributed by atoms with Crippen molar-refractivity contribution in [1.29, 1.82) is 0 Å². The van der Waals surface area contributed by atoms with E-state index in [-0.39, 0.29) is 24.2 Å². The maximum Gasteiger partial charge on any atom is 0.268 e. The second-order valence-corrected chi connectivity index (χ2v) is 6.86. The molecule has 0 saturated heterocycles. The van der Waals surface area contributed by atoms with Crippen molar-refractivity contribution < 1.29 is 23.5 Å². The van der Waals surface area contributed by atoms with E-state index in [1.54, 1.807) is 18.2 Å². The summed E-state index contributed by atoms with van der Waals surface area (Å²) in [5.41, 5.74) is 2.73. The number of nitrogens with one attached hydrogen (secondary N) is 1. The van der Waals surface area contributed by atoms with E-state index in [1.807, 2.05) is 19.9 Å². The Morgan fingerprint density at radius 2 is 2.18 bits per heavy atom. The molecule has 0 fully saturated rings. The van der Waals surface area contributed by atoms with E-state index < -0.39 is 6.10 Å². The first-order chi connectivity index (χ1) is 13.5. The normalized spacial score (nSPS) is 20.0. The number of ether oxygens (including phenoxy) is 2. The fraction of sp³-hybridized carbons (Fsp3) is 0.333. The van der Waals surface area contributed by atoms with Crippen molar-refractivity contribution in [3.8, 4) is 11.5 Å². The Kier molecular flexibility index (Phi) is 4.90. The molecule has 146 valence electrons. The van der Waals surface area contributed by atoms with Crippen LogP contribution in [0.4, 0.5) is 10.1 Å². The van der Waals surface area contributed by atoms with E-state index in [0.717, 1.165) is 17.7 Å². The third-order valence-electron chi connectivity index (χ3n) is 4.68. The number of rotatable bonds is 5. The lowest BCUT2D eigenvalue weighted by atomic mass is 10.0. The number of benzene rings is 2. The van der Waals surface area contributed by atoms with E-state index >= 15 is 0 Å². The molecule has 7 heteroatoms. The van der Waals surface area contributed by atoms with Crippen LogP contribution in [0.3, 0.4) is 0 Å². The zero-order valence-corrected chi connectivity index (χ0v) is 15.7. The molecule has 1 amide bonds. The number of oxime groups is 1. The number of carbonyl (C=O) groups excluding carboxylic acids is 1. The largest absolute Gasteiger partial charge is 0.492 e. The monoisotopic (exact) mass is 384 g/mol. The quantitative estimate of drug-likeness (QED) is 0.854. The van der Waals surface area contributed by atoms with Crippen LogP contribution in [0.1, 0.15) is 31.4 Å². The molecule has 2 aliphatic rings. The molecule has 4 rings (SSSR count). The number of hydrogen-bond donors (Lipinski definition) is 1. The van der Waals surface area contributed by atoms with Gasteiger partial charge in [-0.15, -0.1) is 0 Å². The zero-order chi connectivity index (χ0) is 19.7. The molecule has 2 heterocycles. The molecule has 28 heavy (non-hydrogen) atoms. The second-order valence-electron chi connectivity index (χ2n) is 6.86. The minimum atomic E-state index is -0.791. The predicted molar refractivity (Wildman–Crippen MR) is 102 cm³/mol. The van der Waals surface area contributed by atoms with Gasteiger partial charge in [-0.25, -0.2) is 4.39 Å². The summed E-state index contributed by atoms with van der Waals surface area (Å²) in [7, 11) is 0. The summed E-state index contributed by atoms with van der Waals surface area (Å²) >= 11 is 0. The van der Waals surface area contributed by atoms with Crippen LogP contribution in [-0.4, -0.2) is 30.4 Å². The number of carbonyl (C=O) groups is 1. The van der Waals surface area contributed by atoms with Gasteiger partial charge in [-0.3, -0.25) is 4.79 Å². The highest BCUT2D eigenvalue weighted by atomic mass is 19.1. The lowest BCUT2D eigenvalue weighted by Gasteiger charge is -2.15. The summed E-state index contributed by atoms with van der Waals surface area (Å²) in [6, 6.07) is 9.75. The number of hydrogen-bond acceptors (Lipinski definition) is 5. The molecular formula is C21H21FN2O4. The minimum Gasteiger partial charge on any atom is -0.492 e. The molecule has 2 atom stereocenters. The van der Waals surface area contributed by atoms with E-state index in [0.29, 0.717) is 29.3 Å². The van der Waals surface area contributed by atoms with Gasteiger partial charge in [0.05, 0.1) is 18.0 Å². The lowest BCUT2D eigenvalue weighted by molar-refractivity contribution is -0.125. The molecule has 0 aromatic heterocycles. The Balaban J connectivity index is 1.48. The summed E-state index contributed by atoms with van der Waals surface area (Å²) in [5, 5.41) is 6.80. The summed E-state index contributed by atoms with van der Waals surface area (Å²) in [6.45, 7) is 4.36. The average Bonchev–Trinajstić information content (AvgIpc) is 3.28. The van der Waals surface area contributed by atoms with E-state index in [9.17, 15) is 9.18 Å². The van der Waals surface area contributed by atoms with Gasteiger partial charge < -0.3 is 19.6 Å². The van der Waals surface area contributed by atoms with Crippen LogP contribution in [0, 0.1) is 5.82 Å². The molecule has 0 unspecified atom stereocenters. The van der Waals surface area contributed by atoms with Crippen molar-refractivity contribution in [2.45, 2.75) is 38.9 Å². The molecule has 1 N–H and O–H groups in total. The molecule has 2 aliphatic heterocycles. The van der Waals surface area contributed by atoms with E-state index in [2.05, 4.69) is 10.5 Å². The standard InChI is InChI=1S/C21H21FN2O4/c1-3-26-19-9-14-7-12(2)27-18(14)11-17(19)23-21(25)20-10-16(24-28-20)13-5-4-6-15(22)8-13/h4-6,8-9,11-12,20H,3,7,10H2,1-2H3,(H,23,25)/t12-,20-/m0/s1. The fourth-order valence-electron chi connectivity index (χ4n) is 3.38. The highest BCUT2D eigenvalue weighted by molar-refractivity contribution is 6.06. The Bertz CT molecular complexity index is 944. The van der Waals surface area contributed by atoms with Crippen LogP contribution in [0.5, 0.6) is 11.5 Å². The van der Waals surface area contributed by atoms with Gasteiger partial charge in [0.15, 0.2) is 0 Å². The number of amides is 1. The zero-order valence-electron chi connectivity index (χ0n) is 15.7. The molecule has 2 aromatic carbocycles. The van der Waals surface area contributed by atoms with Gasteiger partial charge in [0, 0.05) is 30.0 Å². The predicted octanol–water partition coefficient (Wildman–Crippen LogP) is 3.68. The Labute approximate surface area is 162 Å². The van der Waals surface area contributed by atoms with Gasteiger partial charge in [0.2, 0.25) is 6.10 Å². The van der Waals surface area contributed by atoms with Gasteiger partial charge >= 0.3 is 0 Å². The first-order valence-electron chi connectivity index (χ1n) is 9.29. The van der Waals surface area contributed by atoms with Crippen molar-refractivity contribution in [1.82, 2.24) is 0 Å². The van der Waals surface area contributed by atoms with Crippen LogP contribution in [0.25, 0.3) is 0 Å². The van der Waals surface area contributed by atoms with Crippen LogP contribution in [-0.2, 0) is 16.1 Å². The van der Waals surface area contributed by atoms with Gasteiger partial charge in [-0.05, 0) is 32.0 Å². The lowest BCUT2D eigenvalue weighted by Crippen LogP contribution is -2.28. The van der Waals surface area contributed by atoms with Crippen molar-refractivity contribution >= 4 is 17.3 Å². The van der Waals surface area contributed by atoms with Crippen LogP contribution in [0.2, 0.25) is 0 Å². The molecule has 0 radical (unpaired) electrons. The summed E-state index contributed by atoms with van der Waals surface area (Å²) in [4.78, 5) is 18.0. The summed E-state index contributed by atoms with van der Waals surface area (Å²) in [6.07, 6.45) is 0.370. The number of anilines is 1. The third kappa shape index (κ3) is 3.65. The van der Waals surface area contributed by atoms with Crippen molar-refractivity contribution in [2.75, 3.05) is 11.9 Å². The maximum absolute atomic E-state index is 13.4. The Morgan fingerprint density at radius 1 is 1.32 bits per heavy atom. The topological polar surface area (TPSA) is 69.2 Å². The van der Waals surface area contributed by atoms with Crippen molar-refractivity contribution in [3.63, 3.8) is 0 Å². The highest BCUT2D eigenvalue weighted by Crippen LogP contribution is 2.38. The summed E-state index contributed by atoms with van der Waals surface area (Å²) < 4.78 is 24.9. The number of halogens is 1. The molecule has 0 spiro atoms. The van der Waals surface area contributed by atoms with Gasteiger partial charge in [-0.1, -0.05) is 17.3 Å². The molecule has 0 aliphatic carbocycles. The fourth-order valence-corrected chi connectivity index (χ4v) is 3.38. The molecule has 0 saturated carbocycles. The Hall–Kier alpha value is -3.09. The average molecular weight is 384 g/mol. The van der Waals surface area contributed by atoms with Crippen molar-refractivity contribution in [2.24, 2.45) is 5.16 Å². The first-order valence-corrected chi connectivity index (χ1v) is 9.29.